The number of carbonyl (C=O) groups is 1. The minimum Gasteiger partial charge on any atom is -0.493 e. The fourth-order valence-corrected chi connectivity index (χ4v) is 3.10. The van der Waals surface area contributed by atoms with Gasteiger partial charge in [-0.1, -0.05) is 18.2 Å². The maximum atomic E-state index is 12.5. The number of methoxy groups -OCH3 is 3. The molecule has 27 heavy (non-hydrogen) atoms. The van der Waals surface area contributed by atoms with Crippen molar-refractivity contribution < 1.29 is 19.0 Å². The van der Waals surface area contributed by atoms with Crippen molar-refractivity contribution in [3.63, 3.8) is 0 Å². The molecule has 3 aromatic rings. The number of hydrogen-bond acceptors (Lipinski definition) is 4. The highest BCUT2D eigenvalue weighted by atomic mass is 16.5. The Hall–Kier alpha value is -3.15. The predicted molar refractivity (Wildman–Crippen MR) is 105 cm³/mol. The average Bonchev–Trinajstić information content (AvgIpc) is 3.12. The number of para-hydroxylation sites is 1. The second-order valence-corrected chi connectivity index (χ2v) is 6.09. The van der Waals surface area contributed by atoms with Crippen molar-refractivity contribution in [1.82, 2.24) is 9.88 Å². The summed E-state index contributed by atoms with van der Waals surface area (Å²) < 4.78 is 18.1. The number of hydrogen-bond donors (Lipinski definition) is 1. The van der Waals surface area contributed by atoms with E-state index in [0.717, 1.165) is 13.0 Å². The number of ether oxygens (including phenoxy) is 3. The molecule has 0 aliphatic heterocycles. The molecule has 0 atom stereocenters. The zero-order chi connectivity index (χ0) is 19.2. The largest absolute Gasteiger partial charge is 0.493 e. The molecule has 0 aliphatic carbocycles. The highest BCUT2D eigenvalue weighted by molar-refractivity contribution is 5.95. The lowest BCUT2D eigenvalue weighted by Gasteiger charge is -2.14. The molecule has 6 nitrogen and oxygen atoms in total. The van der Waals surface area contributed by atoms with Crippen LogP contribution in [-0.4, -0.2) is 38.3 Å². The van der Waals surface area contributed by atoms with Gasteiger partial charge in [-0.15, -0.1) is 0 Å². The number of aryl methyl sites for hydroxylation is 1. The maximum absolute atomic E-state index is 12.5. The van der Waals surface area contributed by atoms with Crippen molar-refractivity contribution in [1.29, 1.82) is 0 Å². The molecule has 0 unspecified atom stereocenters. The molecule has 0 saturated carbocycles. The fraction of sp³-hybridized carbons (Fsp3) is 0.286. The first kappa shape index (κ1) is 18.6. The number of rotatable bonds is 8. The summed E-state index contributed by atoms with van der Waals surface area (Å²) in [7, 11) is 4.59. The van der Waals surface area contributed by atoms with Crippen LogP contribution < -0.4 is 19.5 Å². The monoisotopic (exact) mass is 368 g/mol. The summed E-state index contributed by atoms with van der Waals surface area (Å²) in [6, 6.07) is 13.7. The van der Waals surface area contributed by atoms with Crippen LogP contribution >= 0.6 is 0 Å². The molecule has 3 rings (SSSR count). The van der Waals surface area contributed by atoms with Crippen molar-refractivity contribution in [3.05, 3.63) is 54.2 Å². The summed E-state index contributed by atoms with van der Waals surface area (Å²) in [6.07, 6.45) is 2.90. The van der Waals surface area contributed by atoms with Gasteiger partial charge in [-0.2, -0.15) is 0 Å². The first-order valence-electron chi connectivity index (χ1n) is 8.80. The van der Waals surface area contributed by atoms with E-state index in [-0.39, 0.29) is 5.91 Å². The molecule has 1 heterocycles. The summed E-state index contributed by atoms with van der Waals surface area (Å²) in [4.78, 5) is 12.5. The Bertz CT molecular complexity index is 908. The molecular formula is C21H24N2O4. The molecule has 0 saturated heterocycles. The van der Waals surface area contributed by atoms with E-state index in [0.29, 0.717) is 29.4 Å². The van der Waals surface area contributed by atoms with Gasteiger partial charge >= 0.3 is 0 Å². The van der Waals surface area contributed by atoms with Crippen molar-refractivity contribution in [2.24, 2.45) is 0 Å². The quantitative estimate of drug-likeness (QED) is 0.618. The van der Waals surface area contributed by atoms with Crippen molar-refractivity contribution in [3.8, 4) is 17.2 Å². The van der Waals surface area contributed by atoms with Gasteiger partial charge in [0.15, 0.2) is 11.5 Å². The number of fused-ring (bicyclic) bond motifs is 1. The summed E-state index contributed by atoms with van der Waals surface area (Å²) in [6.45, 7) is 1.41. The van der Waals surface area contributed by atoms with Crippen molar-refractivity contribution in [2.75, 3.05) is 27.9 Å². The second kappa shape index (κ2) is 8.49. The first-order valence-corrected chi connectivity index (χ1v) is 8.80. The van der Waals surface area contributed by atoms with Gasteiger partial charge in [0.1, 0.15) is 0 Å². The normalized spacial score (nSPS) is 10.6. The minimum atomic E-state index is -0.174. The van der Waals surface area contributed by atoms with E-state index < -0.39 is 0 Å². The van der Waals surface area contributed by atoms with E-state index >= 15 is 0 Å². The number of nitrogens with one attached hydrogen (secondary N) is 1. The lowest BCUT2D eigenvalue weighted by Crippen LogP contribution is -2.25. The van der Waals surface area contributed by atoms with Gasteiger partial charge in [-0.05, 0) is 36.1 Å². The van der Waals surface area contributed by atoms with Gasteiger partial charge < -0.3 is 24.1 Å². The number of aromatic nitrogens is 1. The molecule has 2 aromatic carbocycles. The second-order valence-electron chi connectivity index (χ2n) is 6.09. The standard InChI is InChI=1S/C21H24N2O4/c1-25-18-13-16(14-19(26-2)20(18)27-3)21(24)22-10-6-11-23-12-9-15-7-4-5-8-17(15)23/h4-5,7-9,12-14H,6,10-11H2,1-3H3,(H,22,24). The van der Waals surface area contributed by atoms with E-state index in [9.17, 15) is 4.79 Å². The van der Waals surface area contributed by atoms with Gasteiger partial charge in [0.05, 0.1) is 21.3 Å². The average molecular weight is 368 g/mol. The van der Waals surface area contributed by atoms with Crippen LogP contribution in [0.3, 0.4) is 0 Å². The molecule has 0 fully saturated rings. The Morgan fingerprint density at radius 3 is 2.37 bits per heavy atom. The molecular weight excluding hydrogens is 344 g/mol. The van der Waals surface area contributed by atoms with Gasteiger partial charge in [-0.25, -0.2) is 0 Å². The molecule has 142 valence electrons. The smallest absolute Gasteiger partial charge is 0.251 e. The third kappa shape index (κ3) is 4.00. The Morgan fingerprint density at radius 2 is 1.70 bits per heavy atom. The molecule has 1 aromatic heterocycles. The van der Waals surface area contributed by atoms with Crippen LogP contribution in [0.25, 0.3) is 10.9 Å². The zero-order valence-electron chi connectivity index (χ0n) is 15.8. The maximum Gasteiger partial charge on any atom is 0.251 e. The Kier molecular flexibility index (Phi) is 5.86. The molecule has 1 N–H and O–H groups in total. The molecule has 0 radical (unpaired) electrons. The third-order valence-electron chi connectivity index (χ3n) is 4.47. The number of amides is 1. The number of benzene rings is 2. The van der Waals surface area contributed by atoms with E-state index in [1.165, 1.54) is 32.2 Å². The molecule has 1 amide bonds. The predicted octanol–water partition coefficient (Wildman–Crippen LogP) is 3.49. The zero-order valence-corrected chi connectivity index (χ0v) is 15.8. The van der Waals surface area contributed by atoms with Gasteiger partial charge in [0, 0.05) is 30.4 Å². The van der Waals surface area contributed by atoms with Crippen LogP contribution in [0.15, 0.2) is 48.7 Å². The Labute approximate surface area is 158 Å². The summed E-state index contributed by atoms with van der Waals surface area (Å²) in [5.41, 5.74) is 1.67. The van der Waals surface area contributed by atoms with E-state index in [2.05, 4.69) is 34.3 Å². The van der Waals surface area contributed by atoms with Gasteiger partial charge in [0.2, 0.25) is 5.75 Å². The van der Waals surface area contributed by atoms with Crippen LogP contribution in [0.1, 0.15) is 16.8 Å². The van der Waals surface area contributed by atoms with Gasteiger partial charge in [0.25, 0.3) is 5.91 Å². The highest BCUT2D eigenvalue weighted by Gasteiger charge is 2.16. The Morgan fingerprint density at radius 1 is 1.00 bits per heavy atom. The SMILES string of the molecule is COc1cc(C(=O)NCCCn2ccc3ccccc32)cc(OC)c1OC. The highest BCUT2D eigenvalue weighted by Crippen LogP contribution is 2.38. The van der Waals surface area contributed by atoms with Crippen LogP contribution in [0.5, 0.6) is 17.2 Å². The lowest BCUT2D eigenvalue weighted by atomic mass is 10.1. The van der Waals surface area contributed by atoms with Crippen LogP contribution in [0.2, 0.25) is 0 Å². The van der Waals surface area contributed by atoms with E-state index in [4.69, 9.17) is 14.2 Å². The third-order valence-corrected chi connectivity index (χ3v) is 4.47. The number of nitrogens with zero attached hydrogens (tertiary/aromatic N) is 1. The van der Waals surface area contributed by atoms with Crippen molar-refractivity contribution in [2.45, 2.75) is 13.0 Å². The molecule has 0 aliphatic rings. The summed E-state index contributed by atoms with van der Waals surface area (Å²) >= 11 is 0. The Balaban J connectivity index is 1.61. The summed E-state index contributed by atoms with van der Waals surface area (Å²) in [5.74, 6) is 1.21. The molecule has 6 heteroatoms. The summed E-state index contributed by atoms with van der Waals surface area (Å²) in [5, 5.41) is 4.17. The van der Waals surface area contributed by atoms with E-state index in [1.807, 2.05) is 12.1 Å². The van der Waals surface area contributed by atoms with Crippen LogP contribution in [-0.2, 0) is 6.54 Å². The molecule has 0 spiro atoms. The first-order chi connectivity index (χ1) is 13.2. The molecule has 0 bridgehead atoms. The fourth-order valence-electron chi connectivity index (χ4n) is 3.10. The topological polar surface area (TPSA) is 61.7 Å². The van der Waals surface area contributed by atoms with E-state index in [1.54, 1.807) is 12.1 Å². The van der Waals surface area contributed by atoms with Crippen LogP contribution in [0, 0.1) is 0 Å². The van der Waals surface area contributed by atoms with Crippen molar-refractivity contribution >= 4 is 16.8 Å². The number of carbonyl (C=O) groups excluding carboxylic acids is 1. The lowest BCUT2D eigenvalue weighted by molar-refractivity contribution is 0.0952. The minimum absolute atomic E-state index is 0.174. The van der Waals surface area contributed by atoms with Gasteiger partial charge in [-0.3, -0.25) is 4.79 Å². The van der Waals surface area contributed by atoms with Crippen LogP contribution in [0.4, 0.5) is 0 Å².